The van der Waals surface area contributed by atoms with Crippen molar-refractivity contribution in [3.63, 3.8) is 0 Å². The fourth-order valence-corrected chi connectivity index (χ4v) is 24.0. The Kier molecular flexibility index (Phi) is 29.7. The fraction of sp³-hybridized carbons (Fsp3) is 0.831. The van der Waals surface area contributed by atoms with Crippen molar-refractivity contribution in [3.8, 4) is 0 Å². The minimum atomic E-state index is -3.05. The molecule has 0 spiro atoms. The Labute approximate surface area is 625 Å². The van der Waals surface area contributed by atoms with Gasteiger partial charge in [-0.3, -0.25) is 0 Å². The molecule has 31 nitrogen and oxygen atoms in total. The summed E-state index contributed by atoms with van der Waals surface area (Å²) in [5, 5.41) is 1.70. The normalized spacial score (nSPS) is 47.2. The first-order valence-electron chi connectivity index (χ1n) is 35.9. The highest BCUT2D eigenvalue weighted by Gasteiger charge is 2.66. The molecule has 14 bridgehead atoms. The first-order valence-corrected chi connectivity index (χ1v) is 40.4. The molecule has 37 atom stereocenters. The molecule has 13 fully saturated rings. The highest BCUT2D eigenvalue weighted by Crippen LogP contribution is 2.60. The molecule has 2 aromatic rings. The van der Waals surface area contributed by atoms with Gasteiger partial charge < -0.3 is 147 Å². The molecule has 2 aromatic carbocycles. The van der Waals surface area contributed by atoms with Crippen LogP contribution >= 0.6 is 14.3 Å². The number of rotatable bonds is 22. The zero-order chi connectivity index (χ0) is 75.3. The molecule has 35 heteroatoms. The van der Waals surface area contributed by atoms with Crippen molar-refractivity contribution in [2.75, 3.05) is 165 Å². The van der Waals surface area contributed by atoms with Gasteiger partial charge in [0, 0.05) is 121 Å². The van der Waals surface area contributed by atoms with Crippen molar-refractivity contribution in [2.45, 2.75) is 215 Å². The number of hydrogen-bond donors (Lipinski definition) is 0. The molecule has 13 aliphatic rings. The highest BCUT2D eigenvalue weighted by atomic mass is 31.2. The van der Waals surface area contributed by atoms with E-state index >= 15 is 0 Å². The summed E-state index contributed by atoms with van der Waals surface area (Å²) in [6.07, 6.45) is -34.7. The zero-order valence-corrected chi connectivity index (χ0v) is 65.4. The second-order valence-electron chi connectivity index (χ2n) is 28.1. The Morgan fingerprint density at radius 1 is 0.245 bits per heavy atom. The number of fused-ring (bicyclic) bond motifs is 5. The summed E-state index contributed by atoms with van der Waals surface area (Å²) >= 11 is 0. The maximum atomic E-state index is 8.13. The second kappa shape index (κ2) is 37.6. The van der Waals surface area contributed by atoms with Crippen molar-refractivity contribution in [3.05, 3.63) is 60.7 Å². The lowest BCUT2D eigenvalue weighted by Crippen LogP contribution is -2.69. The van der Waals surface area contributed by atoms with Crippen molar-refractivity contribution in [2.24, 2.45) is 0 Å². The third-order valence-corrected chi connectivity index (χ3v) is 29.2. The standard InChI is InChI=1S/C71H110B2O31P2/c1-74-28-37-44-51(77-4)59(85-12)66(92-37)101-47-40-31-105(72,35-24-20-18-21-25-35)34-43-50(104-70(96-40)63(89-16)54(47)80-7)57(83-10)62(88-15)69(95-43)100-46-39(30-76-3)93-67(60(86-13)53(46)79-6)102-48-41-32-106(73,36-26-22-19-23-27-36)33-42-49(103-71(97-41)64(90-17)55(48)81-8)56(82-9)61(87-14)68(94-42)99-45-38(29-75-2)91-65(98-44)58(84-11)52(45)78-5/h18-27,37-71H,28-34H2,1-17H3/q+2. The van der Waals surface area contributed by atoms with Crippen LogP contribution in [0, 0.1) is 0 Å². The van der Waals surface area contributed by atoms with Crippen LogP contribution in [0.25, 0.3) is 0 Å². The molecular formula is C71H110B2O31P2+2. The molecule has 15 rings (SSSR count). The largest absolute Gasteiger partial charge is 0.382 e. The predicted molar refractivity (Wildman–Crippen MR) is 378 cm³/mol. The van der Waals surface area contributed by atoms with E-state index in [0.717, 1.165) is 10.6 Å². The van der Waals surface area contributed by atoms with Gasteiger partial charge in [0.2, 0.25) is 0 Å². The van der Waals surface area contributed by atoms with Gasteiger partial charge >= 0.3 is 15.1 Å². The molecule has 4 radical (unpaired) electrons. The second-order valence-corrected chi connectivity index (χ2v) is 34.8. The van der Waals surface area contributed by atoms with Crippen molar-refractivity contribution < 1.29 is 147 Å². The average molecular weight is 1540 g/mol. The number of ether oxygens (including phenoxy) is 31. The van der Waals surface area contributed by atoms with Crippen LogP contribution in [0.3, 0.4) is 0 Å². The van der Waals surface area contributed by atoms with Crippen molar-refractivity contribution in [1.29, 1.82) is 0 Å². The maximum Gasteiger partial charge on any atom is 0.371 e. The summed E-state index contributed by atoms with van der Waals surface area (Å²) in [5.41, 5.74) is 0. The van der Waals surface area contributed by atoms with Crippen molar-refractivity contribution in [1.82, 2.24) is 0 Å². The van der Waals surface area contributed by atoms with Crippen LogP contribution in [0.5, 0.6) is 0 Å². The first-order chi connectivity index (χ1) is 51.5. The van der Waals surface area contributed by atoms with Crippen LogP contribution in [0.4, 0.5) is 0 Å². The van der Waals surface area contributed by atoms with Crippen LogP contribution in [0.15, 0.2) is 60.7 Å². The average Bonchev–Trinajstić information content (AvgIpc) is 1.46. The van der Waals surface area contributed by atoms with E-state index in [1.807, 2.05) is 60.7 Å². The molecule has 594 valence electrons. The summed E-state index contributed by atoms with van der Waals surface area (Å²) in [4.78, 5) is 0. The SMILES string of the molecule is [B][P+]1(c2ccccc2)CC2OC3OC4C(C1)OC(OC1C(COC)OC(OC5C(COC)OC(OC6C7C[P+]([B])(c8ccccc8)CC8OC(OC9C(COC)OC(OC2C(OC)C3OC)C(OC)C9OC)C(OC)C(OC)C8OC(O7)C(OC)C6OC)C(OC)C5OC)C(OC)C1OC)C(OC)C4OC. The van der Waals surface area contributed by atoms with Gasteiger partial charge in [0.1, 0.15) is 171 Å². The molecule has 0 amide bonds. The monoisotopic (exact) mass is 1540 g/mol. The topological polar surface area (TPSA) is 286 Å². The molecule has 0 N–H and O–H groups in total. The van der Waals surface area contributed by atoms with E-state index in [9.17, 15) is 0 Å². The molecule has 13 heterocycles. The van der Waals surface area contributed by atoms with Gasteiger partial charge in [0.15, 0.2) is 44.0 Å². The van der Waals surface area contributed by atoms with Gasteiger partial charge in [0.25, 0.3) is 0 Å². The van der Waals surface area contributed by atoms with Crippen LogP contribution < -0.4 is 10.6 Å². The Bertz CT molecular complexity index is 2940. The summed E-state index contributed by atoms with van der Waals surface area (Å²) in [6.45, 7) is -0.110. The third-order valence-electron chi connectivity index (χ3n) is 22.5. The van der Waals surface area contributed by atoms with Crippen molar-refractivity contribution >= 4 is 40.0 Å². The molecule has 13 aliphatic heterocycles. The van der Waals surface area contributed by atoms with Crippen LogP contribution in [-0.4, -0.2) is 395 Å². The number of benzene rings is 2. The molecule has 13 saturated heterocycles. The van der Waals surface area contributed by atoms with Gasteiger partial charge in [0.05, 0.1) is 55.1 Å². The fourth-order valence-electron chi connectivity index (χ4n) is 17.6. The Morgan fingerprint density at radius 3 is 0.613 bits per heavy atom. The first kappa shape index (κ1) is 83.6. The quantitative estimate of drug-likeness (QED) is 0.116. The summed E-state index contributed by atoms with van der Waals surface area (Å²) < 4.78 is 210. The minimum Gasteiger partial charge on any atom is -0.382 e. The van der Waals surface area contributed by atoms with E-state index in [1.54, 1.807) is 85.3 Å². The van der Waals surface area contributed by atoms with Crippen LogP contribution in [0.2, 0.25) is 0 Å². The van der Waals surface area contributed by atoms with Gasteiger partial charge in [-0.2, -0.15) is 0 Å². The van der Waals surface area contributed by atoms with Crippen LogP contribution in [-0.2, 0) is 147 Å². The molecule has 106 heavy (non-hydrogen) atoms. The molecule has 0 aliphatic carbocycles. The van der Waals surface area contributed by atoms with Gasteiger partial charge in [-0.1, -0.05) is 36.4 Å². The van der Waals surface area contributed by atoms with Gasteiger partial charge in [-0.05, 0) is 38.5 Å². The predicted octanol–water partition coefficient (Wildman–Crippen LogP) is 0.800. The lowest BCUT2D eigenvalue weighted by Gasteiger charge is -2.52. The van der Waals surface area contributed by atoms with E-state index < -0.39 is 229 Å². The molecule has 0 aromatic heterocycles. The Morgan fingerprint density at radius 2 is 0.425 bits per heavy atom. The highest BCUT2D eigenvalue weighted by molar-refractivity contribution is 8.03. The Hall–Kier alpha value is -1.81. The lowest BCUT2D eigenvalue weighted by molar-refractivity contribution is -0.399. The maximum absolute atomic E-state index is 8.13. The van der Waals surface area contributed by atoms with E-state index in [4.69, 9.17) is 162 Å². The Balaban J connectivity index is 1.00. The minimum absolute atomic E-state index is 0.0362. The van der Waals surface area contributed by atoms with Gasteiger partial charge in [-0.25, -0.2) is 0 Å². The van der Waals surface area contributed by atoms with Crippen LogP contribution in [0.1, 0.15) is 0 Å². The van der Waals surface area contributed by atoms with E-state index in [-0.39, 0.29) is 44.5 Å². The van der Waals surface area contributed by atoms with E-state index in [1.165, 1.54) is 35.5 Å². The summed E-state index contributed by atoms with van der Waals surface area (Å²) in [6, 6.07) is 19.7. The summed E-state index contributed by atoms with van der Waals surface area (Å²) in [7, 11) is 36.5. The zero-order valence-electron chi connectivity index (χ0n) is 63.6. The van der Waals surface area contributed by atoms with E-state index in [2.05, 4.69) is 0 Å². The molecule has 0 saturated carbocycles. The lowest BCUT2D eigenvalue weighted by atomic mass is 9.95. The number of methoxy groups -OCH3 is 17. The molecular weight excluding hydrogens is 1430 g/mol. The van der Waals surface area contributed by atoms with E-state index in [0.29, 0.717) is 0 Å². The molecule has 37 unspecified atom stereocenters. The number of hydrogen-bond acceptors (Lipinski definition) is 31. The van der Waals surface area contributed by atoms with Gasteiger partial charge in [-0.15, -0.1) is 0 Å². The smallest absolute Gasteiger partial charge is 0.371 e. The third kappa shape index (κ3) is 16.6. The summed E-state index contributed by atoms with van der Waals surface area (Å²) in [5.74, 6) is 0.